The number of nitrogens with one attached hydrogen (secondary N) is 1. The van der Waals surface area contributed by atoms with Crippen molar-refractivity contribution in [2.75, 3.05) is 13.1 Å². The summed E-state index contributed by atoms with van der Waals surface area (Å²) in [5.41, 5.74) is 2.52. The lowest BCUT2D eigenvalue weighted by atomic mass is 10.1. The van der Waals surface area contributed by atoms with Gasteiger partial charge in [-0.1, -0.05) is 36.2 Å². The second-order valence-electron chi connectivity index (χ2n) is 6.66. The summed E-state index contributed by atoms with van der Waals surface area (Å²) in [6, 6.07) is 14.2. The van der Waals surface area contributed by atoms with Crippen LogP contribution in [0.4, 0.5) is 0 Å². The molecule has 0 bridgehead atoms. The van der Waals surface area contributed by atoms with Crippen molar-refractivity contribution in [1.29, 1.82) is 0 Å². The van der Waals surface area contributed by atoms with E-state index in [1.165, 1.54) is 0 Å². The van der Waals surface area contributed by atoms with E-state index in [1.807, 2.05) is 25.1 Å². The molecule has 1 amide bonds. The highest BCUT2D eigenvalue weighted by atomic mass is 32.2. The number of piperidine rings is 1. The first-order valence-electron chi connectivity index (χ1n) is 8.91. The van der Waals surface area contributed by atoms with Crippen molar-refractivity contribution in [3.05, 3.63) is 65.2 Å². The summed E-state index contributed by atoms with van der Waals surface area (Å²) >= 11 is 0. The van der Waals surface area contributed by atoms with Gasteiger partial charge in [0.05, 0.1) is 4.90 Å². The fourth-order valence-electron chi connectivity index (χ4n) is 3.10. The van der Waals surface area contributed by atoms with Gasteiger partial charge in [-0.2, -0.15) is 4.31 Å². The largest absolute Gasteiger partial charge is 0.348 e. The van der Waals surface area contributed by atoms with Gasteiger partial charge in [-0.15, -0.1) is 0 Å². The maximum atomic E-state index is 12.6. The lowest BCUT2D eigenvalue weighted by molar-refractivity contribution is 0.0951. The molecule has 0 aromatic heterocycles. The molecule has 0 radical (unpaired) electrons. The summed E-state index contributed by atoms with van der Waals surface area (Å²) in [6.07, 6.45) is 2.93. The molecular weight excluding hydrogens is 348 g/mol. The summed E-state index contributed by atoms with van der Waals surface area (Å²) < 4.78 is 26.8. The molecule has 5 nitrogen and oxygen atoms in total. The van der Waals surface area contributed by atoms with Crippen molar-refractivity contribution < 1.29 is 13.2 Å². The van der Waals surface area contributed by atoms with Gasteiger partial charge in [0.1, 0.15) is 0 Å². The van der Waals surface area contributed by atoms with Crippen LogP contribution in [0.15, 0.2) is 53.4 Å². The molecule has 2 aromatic carbocycles. The minimum Gasteiger partial charge on any atom is -0.348 e. The summed E-state index contributed by atoms with van der Waals surface area (Å²) in [4.78, 5) is 12.5. The van der Waals surface area contributed by atoms with Crippen LogP contribution in [0.25, 0.3) is 0 Å². The Morgan fingerprint density at radius 1 is 1.04 bits per heavy atom. The van der Waals surface area contributed by atoms with Gasteiger partial charge in [-0.05, 0) is 49.6 Å². The number of nitrogens with zero attached hydrogens (tertiary/aromatic N) is 1. The molecule has 1 aliphatic rings. The van der Waals surface area contributed by atoms with Gasteiger partial charge >= 0.3 is 0 Å². The van der Waals surface area contributed by atoms with E-state index in [0.717, 1.165) is 30.4 Å². The second kappa shape index (κ2) is 8.01. The summed E-state index contributed by atoms with van der Waals surface area (Å²) in [5.74, 6) is -0.140. The van der Waals surface area contributed by atoms with Gasteiger partial charge < -0.3 is 5.32 Å². The molecule has 0 atom stereocenters. The minimum absolute atomic E-state index is 0.140. The first-order chi connectivity index (χ1) is 12.5. The van der Waals surface area contributed by atoms with E-state index in [9.17, 15) is 13.2 Å². The topological polar surface area (TPSA) is 66.5 Å². The Labute approximate surface area is 155 Å². The zero-order valence-electron chi connectivity index (χ0n) is 14.9. The maximum Gasteiger partial charge on any atom is 0.251 e. The normalized spacial score (nSPS) is 15.6. The minimum atomic E-state index is -3.41. The highest BCUT2D eigenvalue weighted by molar-refractivity contribution is 7.89. The number of sulfonamides is 1. The average molecular weight is 372 g/mol. The van der Waals surface area contributed by atoms with Crippen LogP contribution in [0.2, 0.25) is 0 Å². The molecule has 0 saturated carbocycles. The molecule has 0 aliphatic carbocycles. The van der Waals surface area contributed by atoms with Crippen LogP contribution in [0.3, 0.4) is 0 Å². The van der Waals surface area contributed by atoms with Gasteiger partial charge in [0.2, 0.25) is 10.0 Å². The van der Waals surface area contributed by atoms with Crippen LogP contribution in [0, 0.1) is 6.92 Å². The Kier molecular flexibility index (Phi) is 5.74. The van der Waals surface area contributed by atoms with Crippen molar-refractivity contribution >= 4 is 15.9 Å². The Hall–Kier alpha value is -2.18. The Bertz CT molecular complexity index is 870. The molecule has 1 fully saturated rings. The Morgan fingerprint density at radius 2 is 1.73 bits per heavy atom. The first kappa shape index (κ1) is 18.6. The van der Waals surface area contributed by atoms with E-state index in [2.05, 4.69) is 5.32 Å². The molecule has 6 heteroatoms. The highest BCUT2D eigenvalue weighted by Gasteiger charge is 2.25. The standard InChI is InChI=1S/C20H24N2O3S/c1-16-6-5-7-18(14-16)20(23)21-15-17-8-10-19(11-9-17)26(24,25)22-12-3-2-4-13-22/h5-11,14H,2-4,12-13,15H2,1H3,(H,21,23). The van der Waals surface area contributed by atoms with E-state index in [4.69, 9.17) is 0 Å². The average Bonchev–Trinajstić information content (AvgIpc) is 2.67. The number of aryl methyl sites for hydroxylation is 1. The molecule has 2 aromatic rings. The fourth-order valence-corrected chi connectivity index (χ4v) is 4.62. The molecule has 138 valence electrons. The molecule has 1 N–H and O–H groups in total. The monoisotopic (exact) mass is 372 g/mol. The number of carbonyl (C=O) groups is 1. The van der Waals surface area contributed by atoms with Crippen LogP contribution in [0.1, 0.15) is 40.7 Å². The molecule has 3 rings (SSSR count). The van der Waals surface area contributed by atoms with Crippen molar-refractivity contribution in [3.63, 3.8) is 0 Å². The first-order valence-corrected chi connectivity index (χ1v) is 10.3. The number of hydrogen-bond donors (Lipinski definition) is 1. The van der Waals surface area contributed by atoms with E-state index >= 15 is 0 Å². The van der Waals surface area contributed by atoms with Crippen LogP contribution < -0.4 is 5.32 Å². The molecule has 26 heavy (non-hydrogen) atoms. The Morgan fingerprint density at radius 3 is 2.38 bits per heavy atom. The molecule has 1 aliphatic heterocycles. The summed E-state index contributed by atoms with van der Waals surface area (Å²) in [5, 5.41) is 2.87. The number of amides is 1. The van der Waals surface area contributed by atoms with Crippen LogP contribution in [-0.2, 0) is 16.6 Å². The lowest BCUT2D eigenvalue weighted by Crippen LogP contribution is -2.35. The number of carbonyl (C=O) groups excluding carboxylic acids is 1. The third-order valence-corrected chi connectivity index (χ3v) is 6.52. The van der Waals surface area contributed by atoms with Crippen molar-refractivity contribution in [2.24, 2.45) is 0 Å². The molecule has 0 unspecified atom stereocenters. The fraction of sp³-hybridized carbons (Fsp3) is 0.350. The predicted molar refractivity (Wildman–Crippen MR) is 101 cm³/mol. The SMILES string of the molecule is Cc1cccc(C(=O)NCc2ccc(S(=O)(=O)N3CCCCC3)cc2)c1. The third kappa shape index (κ3) is 4.31. The zero-order chi connectivity index (χ0) is 18.6. The van der Waals surface area contributed by atoms with Gasteiger partial charge in [0.25, 0.3) is 5.91 Å². The van der Waals surface area contributed by atoms with Crippen LogP contribution >= 0.6 is 0 Å². The van der Waals surface area contributed by atoms with E-state index in [1.54, 1.807) is 34.6 Å². The van der Waals surface area contributed by atoms with Crippen molar-refractivity contribution in [2.45, 2.75) is 37.6 Å². The number of rotatable bonds is 5. The molecular formula is C20H24N2O3S. The van der Waals surface area contributed by atoms with E-state index in [0.29, 0.717) is 30.1 Å². The van der Waals surface area contributed by atoms with E-state index in [-0.39, 0.29) is 5.91 Å². The second-order valence-corrected chi connectivity index (χ2v) is 8.60. The van der Waals surface area contributed by atoms with Crippen molar-refractivity contribution in [1.82, 2.24) is 9.62 Å². The number of hydrogen-bond acceptors (Lipinski definition) is 3. The van der Waals surface area contributed by atoms with Crippen molar-refractivity contribution in [3.8, 4) is 0 Å². The Balaban J connectivity index is 1.63. The predicted octanol–water partition coefficient (Wildman–Crippen LogP) is 3.10. The van der Waals surface area contributed by atoms with Gasteiger partial charge in [0, 0.05) is 25.2 Å². The van der Waals surface area contributed by atoms with Gasteiger partial charge in [-0.3, -0.25) is 4.79 Å². The zero-order valence-corrected chi connectivity index (χ0v) is 15.8. The smallest absolute Gasteiger partial charge is 0.251 e. The third-order valence-electron chi connectivity index (χ3n) is 4.61. The molecule has 1 heterocycles. The van der Waals surface area contributed by atoms with Crippen LogP contribution in [0.5, 0.6) is 0 Å². The summed E-state index contributed by atoms with van der Waals surface area (Å²) in [7, 11) is -3.41. The number of benzene rings is 2. The quantitative estimate of drug-likeness (QED) is 0.877. The lowest BCUT2D eigenvalue weighted by Gasteiger charge is -2.25. The molecule has 1 saturated heterocycles. The van der Waals surface area contributed by atoms with Gasteiger partial charge in [-0.25, -0.2) is 8.42 Å². The summed E-state index contributed by atoms with van der Waals surface area (Å²) in [6.45, 7) is 3.49. The molecule has 0 spiro atoms. The van der Waals surface area contributed by atoms with E-state index < -0.39 is 10.0 Å². The van der Waals surface area contributed by atoms with Crippen LogP contribution in [-0.4, -0.2) is 31.7 Å². The highest BCUT2D eigenvalue weighted by Crippen LogP contribution is 2.20. The maximum absolute atomic E-state index is 12.6. The van der Waals surface area contributed by atoms with Gasteiger partial charge in [0.15, 0.2) is 0 Å².